The van der Waals surface area contributed by atoms with Gasteiger partial charge in [-0.3, -0.25) is 0 Å². The molecule has 1 aliphatic heterocycles. The van der Waals surface area contributed by atoms with Gasteiger partial charge in [0, 0.05) is 20.8 Å². The molecule has 2 N–H and O–H groups in total. The van der Waals surface area contributed by atoms with Crippen LogP contribution in [0.4, 0.5) is 5.69 Å². The van der Waals surface area contributed by atoms with Crippen LogP contribution in [0.15, 0.2) is 57.9 Å². The zero-order valence-corrected chi connectivity index (χ0v) is 13.4. The van der Waals surface area contributed by atoms with Gasteiger partial charge in [-0.15, -0.1) is 11.8 Å². The Morgan fingerprint density at radius 3 is 2.85 bits per heavy atom. The molecule has 0 saturated heterocycles. The van der Waals surface area contributed by atoms with E-state index in [2.05, 4.69) is 39.4 Å². The van der Waals surface area contributed by atoms with Gasteiger partial charge in [0.1, 0.15) is 0 Å². The standard InChI is InChI=1S/C16H16BrNOS/c17-12-4-3-5-13(10-12)18-16(11-19)8-9-20-15-7-2-1-6-14(15)16/h1-7,10,18-19H,8-9,11H2. The minimum Gasteiger partial charge on any atom is -0.394 e. The Hall–Kier alpha value is -0.970. The van der Waals surface area contributed by atoms with Gasteiger partial charge in [0.25, 0.3) is 0 Å². The highest BCUT2D eigenvalue weighted by Crippen LogP contribution is 2.42. The Morgan fingerprint density at radius 2 is 2.05 bits per heavy atom. The van der Waals surface area contributed by atoms with Gasteiger partial charge in [-0.25, -0.2) is 0 Å². The van der Waals surface area contributed by atoms with E-state index in [0.717, 1.165) is 22.3 Å². The Bertz CT molecular complexity index is 619. The van der Waals surface area contributed by atoms with E-state index in [9.17, 15) is 5.11 Å². The summed E-state index contributed by atoms with van der Waals surface area (Å²) in [7, 11) is 0. The number of hydrogen-bond donors (Lipinski definition) is 2. The maximum Gasteiger partial charge on any atom is 0.0875 e. The smallest absolute Gasteiger partial charge is 0.0875 e. The van der Waals surface area contributed by atoms with E-state index in [1.165, 1.54) is 10.5 Å². The highest BCUT2D eigenvalue weighted by molar-refractivity contribution is 9.10. The van der Waals surface area contributed by atoms with Crippen molar-refractivity contribution in [3.05, 3.63) is 58.6 Å². The zero-order chi connectivity index (χ0) is 14.0. The van der Waals surface area contributed by atoms with Gasteiger partial charge in [-0.05, 0) is 36.2 Å². The predicted molar refractivity (Wildman–Crippen MR) is 88.3 cm³/mol. The molecule has 4 heteroatoms. The van der Waals surface area contributed by atoms with Gasteiger partial charge in [-0.1, -0.05) is 40.2 Å². The Labute approximate surface area is 131 Å². The van der Waals surface area contributed by atoms with Crippen molar-refractivity contribution in [1.82, 2.24) is 0 Å². The van der Waals surface area contributed by atoms with E-state index in [4.69, 9.17) is 0 Å². The van der Waals surface area contributed by atoms with E-state index in [1.54, 1.807) is 0 Å². The van der Waals surface area contributed by atoms with Crippen LogP contribution >= 0.6 is 27.7 Å². The van der Waals surface area contributed by atoms with Crippen LogP contribution in [0, 0.1) is 0 Å². The molecule has 2 aromatic rings. The van der Waals surface area contributed by atoms with Crippen LogP contribution in [0.3, 0.4) is 0 Å². The van der Waals surface area contributed by atoms with Crippen molar-refractivity contribution >= 4 is 33.4 Å². The zero-order valence-electron chi connectivity index (χ0n) is 11.0. The summed E-state index contributed by atoms with van der Waals surface area (Å²) in [6, 6.07) is 16.4. The normalized spacial score (nSPS) is 21.3. The van der Waals surface area contributed by atoms with E-state index in [-0.39, 0.29) is 12.1 Å². The lowest BCUT2D eigenvalue weighted by Crippen LogP contribution is -2.42. The molecule has 1 atom stereocenters. The van der Waals surface area contributed by atoms with Crippen molar-refractivity contribution in [3.63, 3.8) is 0 Å². The third-order valence-corrected chi connectivity index (χ3v) is 5.24. The van der Waals surface area contributed by atoms with Gasteiger partial charge < -0.3 is 10.4 Å². The topological polar surface area (TPSA) is 32.3 Å². The second-order valence-electron chi connectivity index (χ2n) is 4.97. The average Bonchev–Trinajstić information content (AvgIpc) is 2.47. The summed E-state index contributed by atoms with van der Waals surface area (Å²) in [6.07, 6.45) is 0.914. The van der Waals surface area contributed by atoms with Gasteiger partial charge >= 0.3 is 0 Å². The van der Waals surface area contributed by atoms with Crippen LogP contribution in [-0.2, 0) is 5.54 Å². The highest BCUT2D eigenvalue weighted by Gasteiger charge is 2.36. The van der Waals surface area contributed by atoms with E-state index in [1.807, 2.05) is 42.1 Å². The third-order valence-electron chi connectivity index (χ3n) is 3.67. The highest BCUT2D eigenvalue weighted by atomic mass is 79.9. The monoisotopic (exact) mass is 349 g/mol. The number of fused-ring (bicyclic) bond motifs is 1. The van der Waals surface area contributed by atoms with Crippen LogP contribution in [-0.4, -0.2) is 17.5 Å². The lowest BCUT2D eigenvalue weighted by molar-refractivity contribution is 0.205. The third kappa shape index (κ3) is 2.60. The number of aliphatic hydroxyl groups is 1. The first kappa shape index (κ1) is 14.0. The molecule has 20 heavy (non-hydrogen) atoms. The first-order valence-electron chi connectivity index (χ1n) is 6.60. The van der Waals surface area contributed by atoms with Crippen LogP contribution in [0.25, 0.3) is 0 Å². The molecule has 1 heterocycles. The first-order valence-corrected chi connectivity index (χ1v) is 8.38. The van der Waals surface area contributed by atoms with Crippen LogP contribution in [0.5, 0.6) is 0 Å². The number of nitrogens with one attached hydrogen (secondary N) is 1. The lowest BCUT2D eigenvalue weighted by Gasteiger charge is -2.39. The van der Waals surface area contributed by atoms with Crippen molar-refractivity contribution < 1.29 is 5.11 Å². The van der Waals surface area contributed by atoms with Crippen molar-refractivity contribution in [2.24, 2.45) is 0 Å². The fraction of sp³-hybridized carbons (Fsp3) is 0.250. The van der Waals surface area contributed by atoms with Gasteiger partial charge in [-0.2, -0.15) is 0 Å². The Morgan fingerprint density at radius 1 is 1.20 bits per heavy atom. The molecular weight excluding hydrogens is 334 g/mol. The van der Waals surface area contributed by atoms with Gasteiger partial charge in [0.15, 0.2) is 0 Å². The summed E-state index contributed by atoms with van der Waals surface area (Å²) in [6.45, 7) is 0.0943. The minimum absolute atomic E-state index is 0.0943. The molecule has 0 spiro atoms. The number of benzene rings is 2. The second-order valence-corrected chi connectivity index (χ2v) is 7.02. The fourth-order valence-corrected chi connectivity index (χ4v) is 4.30. The Kier molecular flexibility index (Phi) is 4.06. The molecule has 1 aliphatic rings. The number of thioether (sulfide) groups is 1. The van der Waals surface area contributed by atoms with Gasteiger partial charge in [0.05, 0.1) is 12.1 Å². The van der Waals surface area contributed by atoms with Crippen molar-refractivity contribution in [2.75, 3.05) is 17.7 Å². The molecule has 104 valence electrons. The molecule has 0 aliphatic carbocycles. The maximum absolute atomic E-state index is 10.0. The molecule has 0 amide bonds. The molecule has 0 saturated carbocycles. The summed E-state index contributed by atoms with van der Waals surface area (Å²) in [5.41, 5.74) is 1.83. The quantitative estimate of drug-likeness (QED) is 0.868. The summed E-state index contributed by atoms with van der Waals surface area (Å²) in [5.74, 6) is 1.01. The molecule has 0 aromatic heterocycles. The number of anilines is 1. The van der Waals surface area contributed by atoms with E-state index in [0.29, 0.717) is 0 Å². The van der Waals surface area contributed by atoms with E-state index >= 15 is 0 Å². The average molecular weight is 350 g/mol. The largest absolute Gasteiger partial charge is 0.394 e. The summed E-state index contributed by atoms with van der Waals surface area (Å²) in [4.78, 5) is 1.26. The fourth-order valence-electron chi connectivity index (χ4n) is 2.63. The molecule has 2 nitrogen and oxygen atoms in total. The lowest BCUT2D eigenvalue weighted by atomic mass is 9.87. The second kappa shape index (κ2) is 5.80. The minimum atomic E-state index is -0.386. The molecule has 0 bridgehead atoms. The maximum atomic E-state index is 10.0. The van der Waals surface area contributed by atoms with Crippen LogP contribution in [0.2, 0.25) is 0 Å². The summed E-state index contributed by atoms with van der Waals surface area (Å²) < 4.78 is 1.04. The van der Waals surface area contributed by atoms with Crippen molar-refractivity contribution in [2.45, 2.75) is 16.9 Å². The molecule has 0 radical (unpaired) electrons. The molecule has 1 unspecified atom stereocenters. The SMILES string of the molecule is OCC1(Nc2cccc(Br)c2)CCSc2ccccc21. The predicted octanol–water partition coefficient (Wildman–Crippen LogP) is 4.24. The van der Waals surface area contributed by atoms with Crippen molar-refractivity contribution in [3.8, 4) is 0 Å². The molecular formula is C16H16BrNOS. The number of aliphatic hydroxyl groups excluding tert-OH is 1. The first-order chi connectivity index (χ1) is 9.73. The molecule has 0 fully saturated rings. The van der Waals surface area contributed by atoms with Crippen LogP contribution < -0.4 is 5.32 Å². The molecule has 2 aromatic carbocycles. The Balaban J connectivity index is 2.00. The summed E-state index contributed by atoms with van der Waals surface area (Å²) in [5, 5.41) is 13.6. The van der Waals surface area contributed by atoms with Crippen molar-refractivity contribution in [1.29, 1.82) is 0 Å². The number of rotatable bonds is 3. The van der Waals surface area contributed by atoms with Crippen LogP contribution in [0.1, 0.15) is 12.0 Å². The summed E-state index contributed by atoms with van der Waals surface area (Å²) >= 11 is 5.35. The van der Waals surface area contributed by atoms with E-state index < -0.39 is 0 Å². The number of halogens is 1. The number of hydrogen-bond acceptors (Lipinski definition) is 3. The van der Waals surface area contributed by atoms with Gasteiger partial charge in [0.2, 0.25) is 0 Å². The molecule has 3 rings (SSSR count).